The van der Waals surface area contributed by atoms with Gasteiger partial charge in [0.05, 0.1) is 26.1 Å². The van der Waals surface area contributed by atoms with E-state index in [0.29, 0.717) is 43.4 Å². The lowest BCUT2D eigenvalue weighted by Crippen LogP contribution is -2.48. The molecule has 0 bridgehead atoms. The minimum absolute atomic E-state index is 0.104. The number of nitrogens with zero attached hydrogens (tertiary/aromatic N) is 3. The summed E-state index contributed by atoms with van der Waals surface area (Å²) < 4.78 is 10.6. The number of carbonyl (C=O) groups is 2. The zero-order valence-corrected chi connectivity index (χ0v) is 16.8. The van der Waals surface area contributed by atoms with E-state index >= 15 is 0 Å². The fraction of sp³-hybridized carbons (Fsp3) is 0.381. The van der Waals surface area contributed by atoms with Crippen molar-refractivity contribution in [1.29, 1.82) is 0 Å². The van der Waals surface area contributed by atoms with E-state index in [0.717, 1.165) is 30.6 Å². The molecule has 0 saturated carbocycles. The number of pyridine rings is 1. The van der Waals surface area contributed by atoms with Crippen LogP contribution < -0.4 is 14.8 Å². The van der Waals surface area contributed by atoms with Crippen molar-refractivity contribution < 1.29 is 19.1 Å². The van der Waals surface area contributed by atoms with E-state index in [2.05, 4.69) is 10.3 Å². The lowest BCUT2D eigenvalue weighted by Gasteiger charge is -2.32. The standard InChI is InChI=1S/C21H26N4O4/c1-28-19-6-3-16(13-20(19)29-2)7-8-22-17-4-5-18(23-14-17)21(27)25-11-9-24(15-26)10-12-25/h3-6,13-15,22H,7-12H2,1-2H3. The molecule has 1 aromatic heterocycles. The van der Waals surface area contributed by atoms with Crippen LogP contribution in [0.5, 0.6) is 11.5 Å². The van der Waals surface area contributed by atoms with Crippen molar-refractivity contribution in [2.45, 2.75) is 6.42 Å². The van der Waals surface area contributed by atoms with Gasteiger partial charge in [0.25, 0.3) is 5.91 Å². The normalized spacial score (nSPS) is 13.7. The van der Waals surface area contributed by atoms with Crippen LogP contribution in [0.1, 0.15) is 16.1 Å². The van der Waals surface area contributed by atoms with Crippen molar-refractivity contribution in [3.8, 4) is 11.5 Å². The van der Waals surface area contributed by atoms with Gasteiger partial charge < -0.3 is 24.6 Å². The van der Waals surface area contributed by atoms with Gasteiger partial charge in [0, 0.05) is 32.7 Å². The van der Waals surface area contributed by atoms with Gasteiger partial charge in [-0.1, -0.05) is 6.07 Å². The van der Waals surface area contributed by atoms with Crippen molar-refractivity contribution >= 4 is 18.0 Å². The third kappa shape index (κ3) is 5.16. The molecular formula is C21H26N4O4. The van der Waals surface area contributed by atoms with Gasteiger partial charge in [-0.25, -0.2) is 4.98 Å². The molecule has 1 fully saturated rings. The Morgan fingerprint density at radius 3 is 2.48 bits per heavy atom. The van der Waals surface area contributed by atoms with Gasteiger partial charge in [0.2, 0.25) is 6.41 Å². The molecule has 8 nitrogen and oxygen atoms in total. The molecule has 1 N–H and O–H groups in total. The first-order valence-electron chi connectivity index (χ1n) is 9.54. The number of hydrogen-bond acceptors (Lipinski definition) is 6. The second-order valence-corrected chi connectivity index (χ2v) is 6.73. The topological polar surface area (TPSA) is 84.0 Å². The molecule has 0 radical (unpaired) electrons. The number of benzene rings is 1. The van der Waals surface area contributed by atoms with Crippen LogP contribution in [0.3, 0.4) is 0 Å². The Balaban J connectivity index is 1.50. The van der Waals surface area contributed by atoms with Crippen LogP contribution in [0.15, 0.2) is 36.5 Å². The van der Waals surface area contributed by atoms with Crippen molar-refractivity contribution in [3.05, 3.63) is 47.8 Å². The molecule has 0 spiro atoms. The molecule has 0 aliphatic carbocycles. The van der Waals surface area contributed by atoms with Gasteiger partial charge >= 0.3 is 0 Å². The fourth-order valence-corrected chi connectivity index (χ4v) is 3.20. The van der Waals surface area contributed by atoms with Gasteiger partial charge in [0.15, 0.2) is 11.5 Å². The molecule has 1 saturated heterocycles. The van der Waals surface area contributed by atoms with Crippen LogP contribution in [0.25, 0.3) is 0 Å². The van der Waals surface area contributed by atoms with E-state index in [1.807, 2.05) is 24.3 Å². The smallest absolute Gasteiger partial charge is 0.272 e. The van der Waals surface area contributed by atoms with Gasteiger partial charge in [-0.2, -0.15) is 0 Å². The minimum atomic E-state index is -0.104. The molecule has 154 valence electrons. The number of nitrogens with one attached hydrogen (secondary N) is 1. The van der Waals surface area contributed by atoms with Crippen LogP contribution in [-0.4, -0.2) is 74.0 Å². The molecular weight excluding hydrogens is 372 g/mol. The van der Waals surface area contributed by atoms with Crippen LogP contribution in [0.2, 0.25) is 0 Å². The lowest BCUT2D eigenvalue weighted by atomic mass is 10.1. The number of anilines is 1. The molecule has 0 atom stereocenters. The number of hydrogen-bond donors (Lipinski definition) is 1. The maximum absolute atomic E-state index is 12.5. The summed E-state index contributed by atoms with van der Waals surface area (Å²) in [5.74, 6) is 1.32. The summed E-state index contributed by atoms with van der Waals surface area (Å²) in [7, 11) is 3.24. The van der Waals surface area contributed by atoms with E-state index in [4.69, 9.17) is 9.47 Å². The largest absolute Gasteiger partial charge is 0.493 e. The first kappa shape index (κ1) is 20.4. The number of aromatic nitrogens is 1. The van der Waals surface area contributed by atoms with Gasteiger partial charge in [0.1, 0.15) is 5.69 Å². The summed E-state index contributed by atoms with van der Waals surface area (Å²) in [6.45, 7) is 2.91. The maximum Gasteiger partial charge on any atom is 0.272 e. The van der Waals surface area contributed by atoms with Crippen molar-refractivity contribution in [1.82, 2.24) is 14.8 Å². The second kappa shape index (κ2) is 9.77. The summed E-state index contributed by atoms with van der Waals surface area (Å²) in [5, 5.41) is 3.31. The molecule has 3 rings (SSSR count). The van der Waals surface area contributed by atoms with Gasteiger partial charge in [-0.15, -0.1) is 0 Å². The first-order valence-corrected chi connectivity index (χ1v) is 9.54. The molecule has 2 amide bonds. The monoisotopic (exact) mass is 398 g/mol. The molecule has 1 aromatic carbocycles. The maximum atomic E-state index is 12.5. The Bertz CT molecular complexity index is 833. The van der Waals surface area contributed by atoms with E-state index in [9.17, 15) is 9.59 Å². The third-order valence-corrected chi connectivity index (χ3v) is 4.92. The Morgan fingerprint density at radius 2 is 1.86 bits per heavy atom. The molecule has 2 heterocycles. The van der Waals surface area contributed by atoms with E-state index < -0.39 is 0 Å². The van der Waals surface area contributed by atoms with Gasteiger partial charge in [-0.05, 0) is 36.2 Å². The Hall–Kier alpha value is -3.29. The lowest BCUT2D eigenvalue weighted by molar-refractivity contribution is -0.119. The van der Waals surface area contributed by atoms with Gasteiger partial charge in [-0.3, -0.25) is 9.59 Å². The number of methoxy groups -OCH3 is 2. The summed E-state index contributed by atoms with van der Waals surface area (Å²) >= 11 is 0. The summed E-state index contributed by atoms with van der Waals surface area (Å²) in [5.41, 5.74) is 2.40. The average molecular weight is 398 g/mol. The van der Waals surface area contributed by atoms with Crippen LogP contribution in [-0.2, 0) is 11.2 Å². The Kier molecular flexibility index (Phi) is 6.89. The summed E-state index contributed by atoms with van der Waals surface area (Å²) in [4.78, 5) is 31.0. The van der Waals surface area contributed by atoms with Crippen molar-refractivity contribution in [2.24, 2.45) is 0 Å². The third-order valence-electron chi connectivity index (χ3n) is 4.92. The number of ether oxygens (including phenoxy) is 2. The molecule has 29 heavy (non-hydrogen) atoms. The quantitative estimate of drug-likeness (QED) is 0.681. The van der Waals surface area contributed by atoms with Crippen molar-refractivity contribution in [2.75, 3.05) is 52.3 Å². The number of carbonyl (C=O) groups excluding carboxylic acids is 2. The highest BCUT2D eigenvalue weighted by Gasteiger charge is 2.22. The predicted molar refractivity (Wildman–Crippen MR) is 110 cm³/mol. The number of piperazine rings is 1. The summed E-state index contributed by atoms with van der Waals surface area (Å²) in [6.07, 6.45) is 3.30. The van der Waals surface area contributed by atoms with Crippen molar-refractivity contribution in [3.63, 3.8) is 0 Å². The first-order chi connectivity index (χ1) is 14.1. The molecule has 1 aliphatic heterocycles. The SMILES string of the molecule is COc1ccc(CCNc2ccc(C(=O)N3CCN(C=O)CC3)nc2)cc1OC. The molecule has 1 aliphatic rings. The van der Waals surface area contributed by atoms with E-state index in [-0.39, 0.29) is 5.91 Å². The zero-order valence-electron chi connectivity index (χ0n) is 16.8. The van der Waals surface area contributed by atoms with E-state index in [1.54, 1.807) is 36.3 Å². The highest BCUT2D eigenvalue weighted by Crippen LogP contribution is 2.27. The van der Waals surface area contributed by atoms with Crippen LogP contribution in [0, 0.1) is 0 Å². The van der Waals surface area contributed by atoms with E-state index in [1.165, 1.54) is 0 Å². The minimum Gasteiger partial charge on any atom is -0.493 e. The average Bonchev–Trinajstić information content (AvgIpc) is 2.79. The predicted octanol–water partition coefficient (Wildman–Crippen LogP) is 1.67. The Labute approximate surface area is 170 Å². The highest BCUT2D eigenvalue weighted by molar-refractivity contribution is 5.92. The Morgan fingerprint density at radius 1 is 1.10 bits per heavy atom. The van der Waals surface area contributed by atoms with Crippen LogP contribution >= 0.6 is 0 Å². The number of amides is 2. The molecule has 8 heteroatoms. The number of rotatable bonds is 8. The van der Waals surface area contributed by atoms with Crippen LogP contribution in [0.4, 0.5) is 5.69 Å². The summed E-state index contributed by atoms with van der Waals surface area (Å²) in [6, 6.07) is 9.45. The second-order valence-electron chi connectivity index (χ2n) is 6.73. The highest BCUT2D eigenvalue weighted by atomic mass is 16.5. The zero-order chi connectivity index (χ0) is 20.6. The molecule has 0 unspecified atom stereocenters. The molecule has 2 aromatic rings. The fourth-order valence-electron chi connectivity index (χ4n) is 3.20.